The Morgan fingerprint density at radius 2 is 2.10 bits per heavy atom. The van der Waals surface area contributed by atoms with Crippen molar-refractivity contribution >= 4 is 22.1 Å². The number of ether oxygens (including phenoxy) is 1. The Labute approximate surface area is 124 Å². The van der Waals surface area contributed by atoms with Crippen molar-refractivity contribution in [1.82, 2.24) is 9.03 Å². The van der Waals surface area contributed by atoms with E-state index >= 15 is 0 Å². The van der Waals surface area contributed by atoms with Crippen molar-refractivity contribution in [2.45, 2.75) is 39.2 Å². The molecule has 2 atom stereocenters. The number of hydrogen-bond donors (Lipinski definition) is 2. The van der Waals surface area contributed by atoms with Gasteiger partial charge in [-0.1, -0.05) is 6.92 Å². The maximum atomic E-state index is 12.2. The van der Waals surface area contributed by atoms with Crippen molar-refractivity contribution in [3.05, 3.63) is 0 Å². The van der Waals surface area contributed by atoms with E-state index < -0.39 is 34.1 Å². The van der Waals surface area contributed by atoms with Crippen molar-refractivity contribution < 1.29 is 27.9 Å². The molecule has 0 bridgehead atoms. The van der Waals surface area contributed by atoms with Gasteiger partial charge in [0.25, 0.3) is 10.2 Å². The van der Waals surface area contributed by atoms with Crippen LogP contribution in [0.4, 0.5) is 0 Å². The molecule has 1 saturated heterocycles. The largest absolute Gasteiger partial charge is 0.480 e. The van der Waals surface area contributed by atoms with Crippen LogP contribution in [0.1, 0.15) is 33.1 Å². The predicted molar refractivity (Wildman–Crippen MR) is 74.7 cm³/mol. The third-order valence-corrected chi connectivity index (χ3v) is 4.94. The number of nitrogens with one attached hydrogen (secondary N) is 1. The zero-order valence-electron chi connectivity index (χ0n) is 12.2. The second kappa shape index (κ2) is 7.71. The summed E-state index contributed by atoms with van der Waals surface area (Å²) in [6, 6.07) is -1.17. The molecule has 1 fully saturated rings. The lowest BCUT2D eigenvalue weighted by Gasteiger charge is -2.31. The predicted octanol–water partition coefficient (Wildman–Crippen LogP) is -0.0409. The molecule has 1 aliphatic rings. The number of esters is 1. The third kappa shape index (κ3) is 4.94. The first-order chi connectivity index (χ1) is 9.81. The molecular weight excluding hydrogens is 300 g/mol. The Morgan fingerprint density at radius 3 is 2.62 bits per heavy atom. The third-order valence-electron chi connectivity index (χ3n) is 3.34. The van der Waals surface area contributed by atoms with E-state index in [0.29, 0.717) is 12.8 Å². The Bertz CT molecular complexity index is 478. The highest BCUT2D eigenvalue weighted by Gasteiger charge is 2.34. The van der Waals surface area contributed by atoms with Gasteiger partial charge in [-0.25, -0.2) is 0 Å². The standard InChI is InChI=1S/C12H22N2O6S/c1-3-10(11(15)16)13-21(18,19)14-7-5-6-9(8-14)12(17)20-4-2/h9-10,13H,3-8H2,1-2H3,(H,15,16). The van der Waals surface area contributed by atoms with Crippen molar-refractivity contribution in [2.24, 2.45) is 5.92 Å². The summed E-state index contributed by atoms with van der Waals surface area (Å²) in [5.74, 6) is -2.14. The first-order valence-corrected chi connectivity index (χ1v) is 8.42. The van der Waals surface area contributed by atoms with E-state index in [4.69, 9.17) is 9.84 Å². The summed E-state index contributed by atoms with van der Waals surface area (Å²) < 4.78 is 32.5. The first-order valence-electron chi connectivity index (χ1n) is 6.98. The van der Waals surface area contributed by atoms with Crippen molar-refractivity contribution in [3.8, 4) is 0 Å². The van der Waals surface area contributed by atoms with Crippen LogP contribution in [-0.2, 0) is 24.5 Å². The highest BCUT2D eigenvalue weighted by Crippen LogP contribution is 2.20. The Hall–Kier alpha value is -1.19. The van der Waals surface area contributed by atoms with Crippen LogP contribution < -0.4 is 4.72 Å². The summed E-state index contributed by atoms with van der Waals surface area (Å²) in [5, 5.41) is 8.93. The molecule has 0 aliphatic carbocycles. The van der Waals surface area contributed by atoms with Crippen LogP contribution in [0.15, 0.2) is 0 Å². The molecule has 9 heteroatoms. The number of piperidine rings is 1. The number of carboxylic acids is 1. The van der Waals surface area contributed by atoms with Gasteiger partial charge in [0.05, 0.1) is 12.5 Å². The fraction of sp³-hybridized carbons (Fsp3) is 0.833. The summed E-state index contributed by atoms with van der Waals surface area (Å²) >= 11 is 0. The topological polar surface area (TPSA) is 113 Å². The van der Waals surface area contributed by atoms with Crippen molar-refractivity contribution in [2.75, 3.05) is 19.7 Å². The SMILES string of the molecule is CCOC(=O)C1CCCN(S(=O)(=O)NC(CC)C(=O)O)C1. The maximum Gasteiger partial charge on any atom is 0.321 e. The second-order valence-corrected chi connectivity index (χ2v) is 6.57. The lowest BCUT2D eigenvalue weighted by Crippen LogP contribution is -2.51. The minimum absolute atomic E-state index is 0.0181. The number of carbonyl (C=O) groups is 2. The van der Waals surface area contributed by atoms with Crippen LogP contribution in [0.5, 0.6) is 0 Å². The van der Waals surface area contributed by atoms with E-state index in [1.54, 1.807) is 13.8 Å². The van der Waals surface area contributed by atoms with Crippen LogP contribution in [-0.4, -0.2) is 55.5 Å². The number of carboxylic acid groups (broad SMARTS) is 1. The molecular formula is C12H22N2O6S. The minimum Gasteiger partial charge on any atom is -0.480 e. The van der Waals surface area contributed by atoms with Crippen LogP contribution in [0.3, 0.4) is 0 Å². The first kappa shape index (κ1) is 17.9. The summed E-state index contributed by atoms with van der Waals surface area (Å²) in [7, 11) is -3.93. The lowest BCUT2D eigenvalue weighted by molar-refractivity contribution is -0.149. The zero-order valence-corrected chi connectivity index (χ0v) is 13.1. The van der Waals surface area contributed by atoms with Gasteiger partial charge in [0.2, 0.25) is 0 Å². The van der Waals surface area contributed by atoms with Crippen LogP contribution >= 0.6 is 0 Å². The van der Waals surface area contributed by atoms with E-state index in [9.17, 15) is 18.0 Å². The van der Waals surface area contributed by atoms with Crippen LogP contribution in [0, 0.1) is 5.92 Å². The van der Waals surface area contributed by atoms with Gasteiger partial charge in [-0.3, -0.25) is 9.59 Å². The molecule has 2 unspecified atom stereocenters. The van der Waals surface area contributed by atoms with Gasteiger partial charge in [-0.05, 0) is 26.2 Å². The summed E-state index contributed by atoms with van der Waals surface area (Å²) in [6.45, 7) is 3.80. The van der Waals surface area contributed by atoms with Gasteiger partial charge in [0, 0.05) is 13.1 Å². The molecule has 0 radical (unpaired) electrons. The molecule has 1 heterocycles. The average molecular weight is 322 g/mol. The van der Waals surface area contributed by atoms with E-state index in [0.717, 1.165) is 4.31 Å². The molecule has 21 heavy (non-hydrogen) atoms. The quantitative estimate of drug-likeness (QED) is 0.636. The van der Waals surface area contributed by atoms with Gasteiger partial charge in [0.15, 0.2) is 0 Å². The highest BCUT2D eigenvalue weighted by molar-refractivity contribution is 7.87. The summed E-state index contributed by atoms with van der Waals surface area (Å²) in [5.41, 5.74) is 0. The maximum absolute atomic E-state index is 12.2. The zero-order chi connectivity index (χ0) is 16.0. The van der Waals surface area contributed by atoms with E-state index in [2.05, 4.69) is 4.72 Å². The lowest BCUT2D eigenvalue weighted by atomic mass is 10.0. The Balaban J connectivity index is 2.74. The van der Waals surface area contributed by atoms with Gasteiger partial charge in [0.1, 0.15) is 6.04 Å². The van der Waals surface area contributed by atoms with Crippen LogP contribution in [0.2, 0.25) is 0 Å². The highest BCUT2D eigenvalue weighted by atomic mass is 32.2. The van der Waals surface area contributed by atoms with Gasteiger partial charge >= 0.3 is 11.9 Å². The smallest absolute Gasteiger partial charge is 0.321 e. The molecule has 0 amide bonds. The molecule has 0 aromatic heterocycles. The fourth-order valence-corrected chi connectivity index (χ4v) is 3.70. The molecule has 1 aliphatic heterocycles. The van der Waals surface area contributed by atoms with Crippen molar-refractivity contribution in [1.29, 1.82) is 0 Å². The number of hydrogen-bond acceptors (Lipinski definition) is 5. The van der Waals surface area contributed by atoms with Gasteiger partial charge in [-0.15, -0.1) is 0 Å². The number of carbonyl (C=O) groups excluding carboxylic acids is 1. The van der Waals surface area contributed by atoms with Gasteiger partial charge < -0.3 is 9.84 Å². The Morgan fingerprint density at radius 1 is 1.43 bits per heavy atom. The van der Waals surface area contributed by atoms with E-state index in [1.165, 1.54) is 0 Å². The molecule has 2 N–H and O–H groups in total. The van der Waals surface area contributed by atoms with Crippen LogP contribution in [0.25, 0.3) is 0 Å². The number of rotatable bonds is 7. The molecule has 1 rings (SSSR count). The summed E-state index contributed by atoms with van der Waals surface area (Å²) in [6.07, 6.45) is 1.25. The molecule has 0 spiro atoms. The molecule has 0 saturated carbocycles. The monoisotopic (exact) mass is 322 g/mol. The average Bonchev–Trinajstić information content (AvgIpc) is 2.45. The second-order valence-electron chi connectivity index (χ2n) is 4.87. The Kier molecular flexibility index (Phi) is 6.56. The minimum atomic E-state index is -3.93. The fourth-order valence-electron chi connectivity index (χ4n) is 2.18. The number of aliphatic carboxylic acids is 1. The molecule has 0 aromatic rings. The van der Waals surface area contributed by atoms with Gasteiger partial charge in [-0.2, -0.15) is 17.4 Å². The molecule has 122 valence electrons. The van der Waals surface area contributed by atoms with E-state index in [-0.39, 0.29) is 26.1 Å². The normalized spacial score (nSPS) is 21.7. The molecule has 8 nitrogen and oxygen atoms in total. The number of nitrogens with zero attached hydrogens (tertiary/aromatic N) is 1. The molecule has 0 aromatic carbocycles. The summed E-state index contributed by atoms with van der Waals surface area (Å²) in [4.78, 5) is 22.6. The van der Waals surface area contributed by atoms with Crippen molar-refractivity contribution in [3.63, 3.8) is 0 Å². The van der Waals surface area contributed by atoms with E-state index in [1.807, 2.05) is 0 Å².